The molecule has 1 aromatic rings. The van der Waals surface area contributed by atoms with E-state index in [1.807, 2.05) is 18.5 Å². The van der Waals surface area contributed by atoms with Crippen molar-refractivity contribution in [3.05, 3.63) is 30.1 Å². The Bertz CT molecular complexity index is 276. The van der Waals surface area contributed by atoms with Gasteiger partial charge in [-0.3, -0.25) is 4.98 Å². The molecule has 2 heteroatoms. The Morgan fingerprint density at radius 1 is 1.25 bits per heavy atom. The van der Waals surface area contributed by atoms with Crippen molar-refractivity contribution in [2.45, 2.75) is 58.5 Å². The summed E-state index contributed by atoms with van der Waals surface area (Å²) in [6.07, 6.45) is 8.70. The van der Waals surface area contributed by atoms with Crippen LogP contribution in [0.5, 0.6) is 0 Å². The lowest BCUT2D eigenvalue weighted by atomic mass is 9.90. The zero-order valence-electron chi connectivity index (χ0n) is 10.8. The van der Waals surface area contributed by atoms with Crippen molar-refractivity contribution in [1.29, 1.82) is 0 Å². The number of hydrogen-bond acceptors (Lipinski definition) is 2. The number of nitrogens with one attached hydrogen (secondary N) is 1. The highest BCUT2D eigenvalue weighted by Crippen LogP contribution is 2.19. The van der Waals surface area contributed by atoms with E-state index >= 15 is 0 Å². The highest BCUT2D eigenvalue weighted by atomic mass is 15.0. The van der Waals surface area contributed by atoms with Gasteiger partial charge in [-0.05, 0) is 31.4 Å². The van der Waals surface area contributed by atoms with Crippen LogP contribution in [0.15, 0.2) is 24.5 Å². The lowest BCUT2D eigenvalue weighted by molar-refractivity contribution is 0.300. The molecule has 0 fully saturated rings. The molecule has 1 rings (SSSR count). The van der Waals surface area contributed by atoms with Crippen LogP contribution in [0.2, 0.25) is 0 Å². The van der Waals surface area contributed by atoms with Gasteiger partial charge in [0, 0.05) is 24.5 Å². The summed E-state index contributed by atoms with van der Waals surface area (Å²) in [7, 11) is 0. The monoisotopic (exact) mass is 220 g/mol. The predicted molar refractivity (Wildman–Crippen MR) is 69.3 cm³/mol. The highest BCUT2D eigenvalue weighted by Gasteiger charge is 2.20. The van der Waals surface area contributed by atoms with Gasteiger partial charge in [0.2, 0.25) is 0 Å². The fourth-order valence-electron chi connectivity index (χ4n) is 2.22. The summed E-state index contributed by atoms with van der Waals surface area (Å²) in [6, 6.07) is 4.12. The van der Waals surface area contributed by atoms with Crippen LogP contribution >= 0.6 is 0 Å². The molecule has 2 nitrogen and oxygen atoms in total. The molecule has 0 aliphatic carbocycles. The summed E-state index contributed by atoms with van der Waals surface area (Å²) >= 11 is 0. The van der Waals surface area contributed by atoms with Crippen molar-refractivity contribution < 1.29 is 0 Å². The molecule has 16 heavy (non-hydrogen) atoms. The van der Waals surface area contributed by atoms with Crippen LogP contribution in [0.4, 0.5) is 0 Å². The summed E-state index contributed by atoms with van der Waals surface area (Å²) in [5.74, 6) is 0. The Hall–Kier alpha value is -0.890. The SMILES string of the molecule is CCCC(C)(CCC)NCc1cccnc1. The molecule has 0 unspecified atom stereocenters. The minimum absolute atomic E-state index is 0.277. The molecule has 90 valence electrons. The minimum Gasteiger partial charge on any atom is -0.307 e. The van der Waals surface area contributed by atoms with E-state index < -0.39 is 0 Å². The van der Waals surface area contributed by atoms with Crippen molar-refractivity contribution in [2.75, 3.05) is 0 Å². The maximum Gasteiger partial charge on any atom is 0.0312 e. The first-order chi connectivity index (χ1) is 7.70. The second-order valence-corrected chi connectivity index (χ2v) is 4.78. The molecule has 1 N–H and O–H groups in total. The first-order valence-electron chi connectivity index (χ1n) is 6.34. The Morgan fingerprint density at radius 2 is 1.94 bits per heavy atom. The molecule has 0 saturated carbocycles. The van der Waals surface area contributed by atoms with Gasteiger partial charge in [0.05, 0.1) is 0 Å². The summed E-state index contributed by atoms with van der Waals surface area (Å²) < 4.78 is 0. The average molecular weight is 220 g/mol. The van der Waals surface area contributed by atoms with E-state index in [1.165, 1.54) is 31.2 Å². The first kappa shape index (κ1) is 13.2. The smallest absolute Gasteiger partial charge is 0.0312 e. The van der Waals surface area contributed by atoms with Crippen LogP contribution in [0.3, 0.4) is 0 Å². The van der Waals surface area contributed by atoms with Gasteiger partial charge in [-0.15, -0.1) is 0 Å². The Morgan fingerprint density at radius 3 is 2.44 bits per heavy atom. The fourth-order valence-corrected chi connectivity index (χ4v) is 2.22. The third-order valence-corrected chi connectivity index (χ3v) is 3.05. The Kier molecular flexibility index (Phi) is 5.47. The molecular formula is C14H24N2. The molecule has 0 aromatic carbocycles. The van der Waals surface area contributed by atoms with Crippen LogP contribution in [-0.2, 0) is 6.54 Å². The zero-order valence-corrected chi connectivity index (χ0v) is 10.8. The van der Waals surface area contributed by atoms with Gasteiger partial charge in [0.15, 0.2) is 0 Å². The van der Waals surface area contributed by atoms with Gasteiger partial charge in [-0.1, -0.05) is 32.8 Å². The molecule has 0 amide bonds. The van der Waals surface area contributed by atoms with E-state index in [1.54, 1.807) is 0 Å². The second-order valence-electron chi connectivity index (χ2n) is 4.78. The van der Waals surface area contributed by atoms with Crippen LogP contribution in [0.1, 0.15) is 52.0 Å². The van der Waals surface area contributed by atoms with Crippen molar-refractivity contribution in [3.8, 4) is 0 Å². The molecule has 0 spiro atoms. The molecular weight excluding hydrogens is 196 g/mol. The van der Waals surface area contributed by atoms with E-state index in [0.717, 1.165) is 6.54 Å². The number of hydrogen-bond donors (Lipinski definition) is 1. The standard InChI is InChI=1S/C14H24N2/c1-4-8-14(3,9-5-2)16-12-13-7-6-10-15-11-13/h6-7,10-11,16H,4-5,8-9,12H2,1-3H3. The molecule has 1 aromatic heterocycles. The largest absolute Gasteiger partial charge is 0.307 e. The van der Waals surface area contributed by atoms with E-state index in [2.05, 4.69) is 37.1 Å². The van der Waals surface area contributed by atoms with Crippen molar-refractivity contribution in [1.82, 2.24) is 10.3 Å². The molecule has 0 atom stereocenters. The van der Waals surface area contributed by atoms with Crippen LogP contribution < -0.4 is 5.32 Å². The maximum atomic E-state index is 4.14. The molecule has 0 radical (unpaired) electrons. The Labute approximate surface area is 99.5 Å². The summed E-state index contributed by atoms with van der Waals surface area (Å²) in [5.41, 5.74) is 1.54. The number of pyridine rings is 1. The van der Waals surface area contributed by atoms with E-state index in [4.69, 9.17) is 0 Å². The summed E-state index contributed by atoms with van der Waals surface area (Å²) in [4.78, 5) is 4.14. The fraction of sp³-hybridized carbons (Fsp3) is 0.643. The number of nitrogens with zero attached hydrogens (tertiary/aromatic N) is 1. The van der Waals surface area contributed by atoms with E-state index in [9.17, 15) is 0 Å². The van der Waals surface area contributed by atoms with E-state index in [-0.39, 0.29) is 5.54 Å². The minimum atomic E-state index is 0.277. The molecule has 0 bridgehead atoms. The lowest BCUT2D eigenvalue weighted by Crippen LogP contribution is -2.41. The lowest BCUT2D eigenvalue weighted by Gasteiger charge is -2.30. The Balaban J connectivity index is 2.49. The maximum absolute atomic E-state index is 4.14. The van der Waals surface area contributed by atoms with Crippen molar-refractivity contribution in [2.24, 2.45) is 0 Å². The first-order valence-corrected chi connectivity index (χ1v) is 6.34. The summed E-state index contributed by atoms with van der Waals surface area (Å²) in [6.45, 7) is 7.75. The van der Waals surface area contributed by atoms with Crippen LogP contribution in [0.25, 0.3) is 0 Å². The van der Waals surface area contributed by atoms with Gasteiger partial charge >= 0.3 is 0 Å². The van der Waals surface area contributed by atoms with Crippen LogP contribution in [0, 0.1) is 0 Å². The zero-order chi connectivity index (χ0) is 11.9. The third-order valence-electron chi connectivity index (χ3n) is 3.05. The van der Waals surface area contributed by atoms with Crippen molar-refractivity contribution >= 4 is 0 Å². The van der Waals surface area contributed by atoms with Gasteiger partial charge in [0.25, 0.3) is 0 Å². The second kappa shape index (κ2) is 6.64. The predicted octanol–water partition coefficient (Wildman–Crippen LogP) is 3.53. The van der Waals surface area contributed by atoms with Crippen molar-refractivity contribution in [3.63, 3.8) is 0 Å². The normalized spacial score (nSPS) is 11.7. The highest BCUT2D eigenvalue weighted by molar-refractivity contribution is 5.08. The van der Waals surface area contributed by atoms with Crippen LogP contribution in [-0.4, -0.2) is 10.5 Å². The van der Waals surface area contributed by atoms with Gasteiger partial charge in [-0.2, -0.15) is 0 Å². The van der Waals surface area contributed by atoms with E-state index in [0.29, 0.717) is 0 Å². The molecule has 0 saturated heterocycles. The number of rotatable bonds is 7. The third kappa shape index (κ3) is 4.31. The van der Waals surface area contributed by atoms with Gasteiger partial charge in [0.1, 0.15) is 0 Å². The molecule has 0 aliphatic heterocycles. The topological polar surface area (TPSA) is 24.9 Å². The quantitative estimate of drug-likeness (QED) is 0.760. The number of aromatic nitrogens is 1. The summed E-state index contributed by atoms with van der Waals surface area (Å²) in [5, 5.41) is 3.67. The average Bonchev–Trinajstić information content (AvgIpc) is 2.29. The molecule has 0 aliphatic rings. The molecule has 1 heterocycles. The van der Waals surface area contributed by atoms with Gasteiger partial charge < -0.3 is 5.32 Å². The van der Waals surface area contributed by atoms with Gasteiger partial charge in [-0.25, -0.2) is 0 Å².